The van der Waals surface area contributed by atoms with Gasteiger partial charge in [0.05, 0.1) is 0 Å². The quantitative estimate of drug-likeness (QED) is 0.893. The van der Waals surface area contributed by atoms with Gasteiger partial charge in [-0.1, -0.05) is 0 Å². The Balaban J connectivity index is 2.20. The fraction of sp³-hybridized carbons (Fsp3) is 0.200. The van der Waals surface area contributed by atoms with Gasteiger partial charge in [-0.15, -0.1) is 0 Å². The van der Waals surface area contributed by atoms with Crippen molar-refractivity contribution in [1.29, 1.82) is 0 Å². The first-order valence-corrected chi connectivity index (χ1v) is 6.11. The molecular formula is C15H15F2NO. The van der Waals surface area contributed by atoms with Crippen molar-refractivity contribution in [2.45, 2.75) is 12.8 Å². The van der Waals surface area contributed by atoms with E-state index in [1.807, 2.05) is 0 Å². The van der Waals surface area contributed by atoms with Crippen LogP contribution in [0.1, 0.15) is 12.0 Å². The number of ether oxygens (including phenoxy) is 1. The van der Waals surface area contributed by atoms with Gasteiger partial charge in [0.1, 0.15) is 23.1 Å². The third-order valence-corrected chi connectivity index (χ3v) is 2.71. The lowest BCUT2D eigenvalue weighted by atomic mass is 10.1. The largest absolute Gasteiger partial charge is 0.457 e. The van der Waals surface area contributed by atoms with E-state index in [9.17, 15) is 8.78 Å². The Morgan fingerprint density at radius 2 is 1.63 bits per heavy atom. The van der Waals surface area contributed by atoms with Crippen molar-refractivity contribution >= 4 is 0 Å². The van der Waals surface area contributed by atoms with Crippen LogP contribution >= 0.6 is 0 Å². The van der Waals surface area contributed by atoms with Crippen molar-refractivity contribution in [2.75, 3.05) is 6.54 Å². The van der Waals surface area contributed by atoms with Crippen LogP contribution in [-0.2, 0) is 6.42 Å². The minimum absolute atomic E-state index is 0.307. The molecule has 19 heavy (non-hydrogen) atoms. The van der Waals surface area contributed by atoms with E-state index in [-0.39, 0.29) is 11.6 Å². The van der Waals surface area contributed by atoms with Crippen molar-refractivity contribution in [3.8, 4) is 11.5 Å². The van der Waals surface area contributed by atoms with E-state index in [4.69, 9.17) is 10.5 Å². The van der Waals surface area contributed by atoms with Gasteiger partial charge in [-0.05, 0) is 67.4 Å². The highest BCUT2D eigenvalue weighted by Crippen LogP contribution is 2.27. The summed E-state index contributed by atoms with van der Waals surface area (Å²) in [5.74, 6) is 0.455. The number of hydrogen-bond donors (Lipinski definition) is 1. The zero-order valence-corrected chi connectivity index (χ0v) is 10.4. The SMILES string of the molecule is NCCCc1cc(F)ccc1Oc1ccc(F)cc1. The van der Waals surface area contributed by atoms with Gasteiger partial charge in [-0.25, -0.2) is 8.78 Å². The third kappa shape index (κ3) is 3.76. The molecule has 0 heterocycles. The van der Waals surface area contributed by atoms with Gasteiger partial charge >= 0.3 is 0 Å². The van der Waals surface area contributed by atoms with E-state index in [1.54, 1.807) is 6.07 Å². The summed E-state index contributed by atoms with van der Waals surface area (Å²) in [6, 6.07) is 10.1. The Hall–Kier alpha value is -1.94. The summed E-state index contributed by atoms with van der Waals surface area (Å²) in [6.45, 7) is 0.534. The summed E-state index contributed by atoms with van der Waals surface area (Å²) in [7, 11) is 0. The molecule has 0 radical (unpaired) electrons. The number of aryl methyl sites for hydroxylation is 1. The summed E-state index contributed by atoms with van der Waals surface area (Å²) >= 11 is 0. The molecule has 2 N–H and O–H groups in total. The molecule has 0 aliphatic heterocycles. The van der Waals surface area contributed by atoms with Gasteiger partial charge in [0, 0.05) is 0 Å². The summed E-state index contributed by atoms with van der Waals surface area (Å²) in [5, 5.41) is 0. The summed E-state index contributed by atoms with van der Waals surface area (Å²) in [5.41, 5.74) is 6.22. The number of hydrogen-bond acceptors (Lipinski definition) is 2. The summed E-state index contributed by atoms with van der Waals surface area (Å²) in [6.07, 6.45) is 1.40. The van der Waals surface area contributed by atoms with Gasteiger partial charge in [0.2, 0.25) is 0 Å². The highest BCUT2D eigenvalue weighted by Gasteiger charge is 2.06. The monoisotopic (exact) mass is 263 g/mol. The predicted molar refractivity (Wildman–Crippen MR) is 70.2 cm³/mol. The molecule has 2 aromatic carbocycles. The Morgan fingerprint density at radius 3 is 2.32 bits per heavy atom. The van der Waals surface area contributed by atoms with Gasteiger partial charge < -0.3 is 10.5 Å². The van der Waals surface area contributed by atoms with E-state index < -0.39 is 0 Å². The molecule has 0 amide bonds. The molecule has 100 valence electrons. The Bertz CT molecular complexity index is 540. The zero-order valence-electron chi connectivity index (χ0n) is 10.4. The Morgan fingerprint density at radius 1 is 0.947 bits per heavy atom. The standard InChI is InChI=1S/C15H15F2NO/c16-12-3-6-14(7-4-12)19-15-8-5-13(17)10-11(15)2-1-9-18/h3-8,10H,1-2,9,18H2. The topological polar surface area (TPSA) is 35.2 Å². The van der Waals surface area contributed by atoms with Crippen LogP contribution in [0.4, 0.5) is 8.78 Å². The van der Waals surface area contributed by atoms with Gasteiger partial charge in [0.15, 0.2) is 0 Å². The van der Waals surface area contributed by atoms with Crippen LogP contribution in [0.25, 0.3) is 0 Å². The molecule has 0 aromatic heterocycles. The molecule has 0 spiro atoms. The number of benzene rings is 2. The van der Waals surface area contributed by atoms with Crippen LogP contribution in [0.3, 0.4) is 0 Å². The van der Waals surface area contributed by atoms with Gasteiger partial charge in [0.25, 0.3) is 0 Å². The van der Waals surface area contributed by atoms with Gasteiger partial charge in [-0.3, -0.25) is 0 Å². The summed E-state index contributed by atoms with van der Waals surface area (Å²) in [4.78, 5) is 0. The molecule has 0 aliphatic rings. The van der Waals surface area contributed by atoms with Crippen LogP contribution in [0.2, 0.25) is 0 Å². The number of rotatable bonds is 5. The fourth-order valence-corrected chi connectivity index (χ4v) is 1.77. The zero-order chi connectivity index (χ0) is 13.7. The molecule has 2 nitrogen and oxygen atoms in total. The fourth-order valence-electron chi connectivity index (χ4n) is 1.77. The highest BCUT2D eigenvalue weighted by atomic mass is 19.1. The maximum absolute atomic E-state index is 13.2. The molecule has 2 aromatic rings. The van der Waals surface area contributed by atoms with E-state index in [0.29, 0.717) is 24.5 Å². The maximum Gasteiger partial charge on any atom is 0.130 e. The third-order valence-electron chi connectivity index (χ3n) is 2.71. The minimum Gasteiger partial charge on any atom is -0.457 e. The van der Waals surface area contributed by atoms with Crippen molar-refractivity contribution in [3.05, 3.63) is 59.7 Å². The van der Waals surface area contributed by atoms with E-state index in [1.165, 1.54) is 36.4 Å². The second-order valence-corrected chi connectivity index (χ2v) is 4.20. The van der Waals surface area contributed by atoms with Crippen molar-refractivity contribution in [3.63, 3.8) is 0 Å². The molecule has 0 atom stereocenters. The molecule has 4 heteroatoms. The molecule has 0 unspecified atom stereocenters. The second kappa shape index (κ2) is 6.29. The van der Waals surface area contributed by atoms with E-state index >= 15 is 0 Å². The first kappa shape index (κ1) is 13.5. The number of halogens is 2. The Labute approximate surface area is 110 Å². The van der Waals surface area contributed by atoms with E-state index in [0.717, 1.165) is 12.0 Å². The Kier molecular flexibility index (Phi) is 4.47. The van der Waals surface area contributed by atoms with Gasteiger partial charge in [-0.2, -0.15) is 0 Å². The molecule has 0 fully saturated rings. The van der Waals surface area contributed by atoms with Crippen LogP contribution < -0.4 is 10.5 Å². The first-order valence-electron chi connectivity index (χ1n) is 6.11. The molecule has 0 saturated carbocycles. The van der Waals surface area contributed by atoms with E-state index in [2.05, 4.69) is 0 Å². The van der Waals surface area contributed by atoms with Crippen LogP contribution in [-0.4, -0.2) is 6.54 Å². The van der Waals surface area contributed by atoms with Crippen LogP contribution in [0.5, 0.6) is 11.5 Å². The average Bonchev–Trinajstić information content (AvgIpc) is 2.41. The second-order valence-electron chi connectivity index (χ2n) is 4.20. The van der Waals surface area contributed by atoms with Crippen LogP contribution in [0.15, 0.2) is 42.5 Å². The lowest BCUT2D eigenvalue weighted by molar-refractivity contribution is 0.471. The predicted octanol–water partition coefficient (Wildman–Crippen LogP) is 3.65. The lowest BCUT2D eigenvalue weighted by Gasteiger charge is -2.11. The normalized spacial score (nSPS) is 10.5. The smallest absolute Gasteiger partial charge is 0.130 e. The minimum atomic E-state index is -0.324. The first-order chi connectivity index (χ1) is 9.19. The average molecular weight is 263 g/mol. The van der Waals surface area contributed by atoms with Crippen LogP contribution in [0, 0.1) is 11.6 Å². The molecule has 0 bridgehead atoms. The molecule has 2 rings (SSSR count). The van der Waals surface area contributed by atoms with Crippen molar-refractivity contribution < 1.29 is 13.5 Å². The maximum atomic E-state index is 13.2. The lowest BCUT2D eigenvalue weighted by Crippen LogP contribution is -2.01. The molecule has 0 aliphatic carbocycles. The summed E-state index contributed by atoms with van der Waals surface area (Å²) < 4.78 is 31.7. The molecule has 0 saturated heterocycles. The number of nitrogens with two attached hydrogens (primary N) is 1. The molecular weight excluding hydrogens is 248 g/mol. The van der Waals surface area contributed by atoms with Crippen molar-refractivity contribution in [2.24, 2.45) is 5.73 Å². The van der Waals surface area contributed by atoms with Crippen molar-refractivity contribution in [1.82, 2.24) is 0 Å². The highest BCUT2D eigenvalue weighted by molar-refractivity contribution is 5.38.